The second-order valence-corrected chi connectivity index (χ2v) is 9.07. The Morgan fingerprint density at radius 1 is 1.05 bits per heavy atom. The topological polar surface area (TPSA) is 107 Å². The fraction of sp³-hybridized carbons (Fsp3) is 0.333. The number of benzene rings is 2. The van der Waals surface area contributed by atoms with E-state index in [1.165, 1.54) is 6.07 Å². The van der Waals surface area contributed by atoms with Gasteiger partial charge in [0.05, 0.1) is 13.7 Å². The van der Waals surface area contributed by atoms with Crippen molar-refractivity contribution >= 4 is 22.6 Å². The molecule has 192 valence electrons. The van der Waals surface area contributed by atoms with Crippen LogP contribution in [0, 0.1) is 10.1 Å². The molecule has 0 spiro atoms. The summed E-state index contributed by atoms with van der Waals surface area (Å²) in [6.45, 7) is 5.66. The molecule has 0 unspecified atom stereocenters. The number of methoxy groups -OCH3 is 1. The van der Waals surface area contributed by atoms with Gasteiger partial charge in [-0.3, -0.25) is 9.47 Å². The Morgan fingerprint density at radius 2 is 1.81 bits per heavy atom. The summed E-state index contributed by atoms with van der Waals surface area (Å²) in [6, 6.07) is 16.9. The Kier molecular flexibility index (Phi) is 6.91. The van der Waals surface area contributed by atoms with E-state index in [1.54, 1.807) is 13.2 Å². The molecule has 2 aromatic heterocycles. The molecule has 3 heterocycles. The zero-order chi connectivity index (χ0) is 25.9. The molecule has 37 heavy (non-hydrogen) atoms. The highest BCUT2D eigenvalue weighted by Crippen LogP contribution is 2.32. The fourth-order valence-corrected chi connectivity index (χ4v) is 4.94. The van der Waals surface area contributed by atoms with Crippen molar-refractivity contribution in [2.75, 3.05) is 38.2 Å². The maximum Gasteiger partial charge on any atom is 0.406 e. The van der Waals surface area contributed by atoms with Gasteiger partial charge in [-0.1, -0.05) is 37.3 Å². The van der Waals surface area contributed by atoms with Gasteiger partial charge in [0.2, 0.25) is 11.6 Å². The molecule has 0 bridgehead atoms. The summed E-state index contributed by atoms with van der Waals surface area (Å²) in [4.78, 5) is 32.5. The predicted molar refractivity (Wildman–Crippen MR) is 140 cm³/mol. The number of aromatic nitrogens is 2. The molecule has 4 aromatic rings. The maximum absolute atomic E-state index is 12.2. The van der Waals surface area contributed by atoms with E-state index in [-0.39, 0.29) is 10.7 Å². The molecule has 2 aromatic carbocycles. The highest BCUT2D eigenvalue weighted by atomic mass is 16.6. The van der Waals surface area contributed by atoms with Crippen molar-refractivity contribution in [3.8, 4) is 5.75 Å². The number of anilines is 1. The number of nitro groups is 1. The Bertz CT molecular complexity index is 1470. The lowest BCUT2D eigenvalue weighted by Crippen LogP contribution is -2.47. The summed E-state index contributed by atoms with van der Waals surface area (Å²) in [5, 5.41) is 12.8. The molecule has 0 radical (unpaired) electrons. The summed E-state index contributed by atoms with van der Waals surface area (Å²) in [6.07, 6.45) is 0.599. The molecule has 1 fully saturated rings. The minimum Gasteiger partial charge on any atom is -0.497 e. The van der Waals surface area contributed by atoms with E-state index in [4.69, 9.17) is 9.15 Å². The molecule has 1 aliphatic rings. The number of piperazine rings is 1. The van der Waals surface area contributed by atoms with Gasteiger partial charge in [0, 0.05) is 56.7 Å². The Hall–Kier alpha value is -4.18. The lowest BCUT2D eigenvalue weighted by molar-refractivity contribution is -0.388. The molecule has 10 heteroatoms. The summed E-state index contributed by atoms with van der Waals surface area (Å²) in [7, 11) is 1.57. The van der Waals surface area contributed by atoms with Gasteiger partial charge in [-0.2, -0.15) is 0 Å². The van der Waals surface area contributed by atoms with Crippen molar-refractivity contribution < 1.29 is 14.1 Å². The number of aryl methyl sites for hydroxylation is 1. The van der Waals surface area contributed by atoms with Gasteiger partial charge in [-0.15, -0.1) is 0 Å². The first-order chi connectivity index (χ1) is 18.0. The van der Waals surface area contributed by atoms with E-state index < -0.39 is 5.63 Å². The Morgan fingerprint density at radius 3 is 2.49 bits per heavy atom. The van der Waals surface area contributed by atoms with Gasteiger partial charge in [-0.25, -0.2) is 4.79 Å². The minimum absolute atomic E-state index is 0.0955. The standard InChI is InChI=1S/C27H29N5O5/c1-3-24-28-26(32(34)35)27(31(24)17-19-7-5-4-6-8-19)30-13-11-29(12-14-30)18-20-15-25(33)37-23-16-21(36-2)9-10-22(20)23/h4-10,15-16H,3,11-14,17-18H2,1-2H3. The third-order valence-electron chi connectivity index (χ3n) is 6.78. The van der Waals surface area contributed by atoms with Crippen LogP contribution in [0.15, 0.2) is 63.8 Å². The van der Waals surface area contributed by atoms with Crippen LogP contribution in [-0.4, -0.2) is 52.7 Å². The monoisotopic (exact) mass is 503 g/mol. The molecule has 10 nitrogen and oxygen atoms in total. The van der Waals surface area contributed by atoms with Crippen LogP contribution in [0.25, 0.3) is 11.0 Å². The highest BCUT2D eigenvalue weighted by Gasteiger charge is 2.32. The lowest BCUT2D eigenvalue weighted by atomic mass is 10.1. The molecular formula is C27H29N5O5. The summed E-state index contributed by atoms with van der Waals surface area (Å²) in [5.74, 6) is 1.79. The van der Waals surface area contributed by atoms with Gasteiger partial charge >= 0.3 is 11.4 Å². The number of ether oxygens (including phenoxy) is 1. The number of hydrogen-bond acceptors (Lipinski definition) is 8. The zero-order valence-electron chi connectivity index (χ0n) is 20.9. The quantitative estimate of drug-likeness (QED) is 0.203. The highest BCUT2D eigenvalue weighted by molar-refractivity contribution is 5.81. The minimum atomic E-state index is -0.401. The van der Waals surface area contributed by atoms with Crippen molar-refractivity contribution in [1.82, 2.24) is 14.5 Å². The van der Waals surface area contributed by atoms with E-state index in [0.717, 1.165) is 16.5 Å². The smallest absolute Gasteiger partial charge is 0.406 e. The average molecular weight is 504 g/mol. The Labute approximate surface area is 213 Å². The number of fused-ring (bicyclic) bond motifs is 1. The molecule has 0 saturated carbocycles. The summed E-state index contributed by atoms with van der Waals surface area (Å²) < 4.78 is 12.6. The predicted octanol–water partition coefficient (Wildman–Crippen LogP) is 3.84. The molecule has 1 aliphatic heterocycles. The summed E-state index contributed by atoms with van der Waals surface area (Å²) in [5.41, 5.74) is 2.04. The third-order valence-corrected chi connectivity index (χ3v) is 6.78. The summed E-state index contributed by atoms with van der Waals surface area (Å²) >= 11 is 0. The molecule has 0 N–H and O–H groups in total. The second-order valence-electron chi connectivity index (χ2n) is 9.07. The van der Waals surface area contributed by atoms with Crippen molar-refractivity contribution in [2.45, 2.75) is 26.4 Å². The average Bonchev–Trinajstić information content (AvgIpc) is 3.27. The van der Waals surface area contributed by atoms with E-state index >= 15 is 0 Å². The van der Waals surface area contributed by atoms with Crippen LogP contribution in [0.1, 0.15) is 23.9 Å². The first-order valence-electron chi connectivity index (χ1n) is 12.3. The van der Waals surface area contributed by atoms with Crippen molar-refractivity contribution in [2.24, 2.45) is 0 Å². The molecule has 0 amide bonds. The lowest BCUT2D eigenvalue weighted by Gasteiger charge is -2.35. The van der Waals surface area contributed by atoms with Gasteiger partial charge < -0.3 is 24.2 Å². The van der Waals surface area contributed by atoms with E-state index in [1.807, 2.05) is 54.0 Å². The van der Waals surface area contributed by atoms with Crippen LogP contribution >= 0.6 is 0 Å². The molecule has 5 rings (SSSR count). The van der Waals surface area contributed by atoms with E-state index in [9.17, 15) is 14.9 Å². The van der Waals surface area contributed by atoms with Crippen LogP contribution in [0.2, 0.25) is 0 Å². The maximum atomic E-state index is 12.2. The van der Waals surface area contributed by atoms with E-state index in [0.29, 0.717) is 68.7 Å². The van der Waals surface area contributed by atoms with Crippen LogP contribution in [-0.2, 0) is 19.5 Å². The largest absolute Gasteiger partial charge is 0.497 e. The van der Waals surface area contributed by atoms with Gasteiger partial charge in [0.25, 0.3) is 0 Å². The van der Waals surface area contributed by atoms with Crippen LogP contribution in [0.4, 0.5) is 11.6 Å². The molecule has 0 aliphatic carbocycles. The zero-order valence-corrected chi connectivity index (χ0v) is 20.9. The molecular weight excluding hydrogens is 474 g/mol. The van der Waals surface area contributed by atoms with E-state index in [2.05, 4.69) is 14.8 Å². The molecule has 1 saturated heterocycles. The first kappa shape index (κ1) is 24.5. The van der Waals surface area contributed by atoms with Gasteiger partial charge in [0.1, 0.15) is 11.3 Å². The van der Waals surface area contributed by atoms with Crippen molar-refractivity contribution in [3.63, 3.8) is 0 Å². The van der Waals surface area contributed by atoms with Crippen LogP contribution < -0.4 is 15.3 Å². The third kappa shape index (κ3) is 5.05. The number of imidazole rings is 1. The van der Waals surface area contributed by atoms with Crippen molar-refractivity contribution in [1.29, 1.82) is 0 Å². The number of hydrogen-bond donors (Lipinski definition) is 0. The van der Waals surface area contributed by atoms with Crippen LogP contribution in [0.5, 0.6) is 5.75 Å². The normalized spacial score (nSPS) is 14.3. The Balaban J connectivity index is 1.38. The molecule has 0 atom stereocenters. The van der Waals surface area contributed by atoms with Crippen LogP contribution in [0.3, 0.4) is 0 Å². The van der Waals surface area contributed by atoms with Gasteiger partial charge in [0.15, 0.2) is 0 Å². The van der Waals surface area contributed by atoms with Crippen molar-refractivity contribution in [3.05, 3.63) is 92.1 Å². The fourth-order valence-electron chi connectivity index (χ4n) is 4.94. The SMILES string of the molecule is CCc1nc([N+](=O)[O-])c(N2CCN(Cc3cc(=O)oc4cc(OC)ccc34)CC2)n1Cc1ccccc1. The second kappa shape index (κ2) is 10.4. The number of nitrogens with zero attached hydrogens (tertiary/aromatic N) is 5. The number of rotatable bonds is 8. The first-order valence-corrected chi connectivity index (χ1v) is 12.3. The van der Waals surface area contributed by atoms with Gasteiger partial charge in [-0.05, 0) is 33.2 Å².